The Morgan fingerprint density at radius 1 is 1.39 bits per heavy atom. The number of nitrogens with zero attached hydrogens (tertiary/aromatic N) is 3. The molecule has 7 nitrogen and oxygen atoms in total. The molecule has 1 aromatic heterocycles. The maximum absolute atomic E-state index is 14.6. The van der Waals surface area contributed by atoms with E-state index in [2.05, 4.69) is 15.3 Å². The first-order valence-corrected chi connectivity index (χ1v) is 12.1. The lowest BCUT2D eigenvalue weighted by Crippen LogP contribution is -2.64. The highest BCUT2D eigenvalue weighted by Crippen LogP contribution is 2.37. The standard InChI is InChI=1S/C22H25FN4O3S/c1-13(2)27-19-9-14(21(28)25-22(3)11-31(29,30)12-22)5-7-16(19)20(26-27)17-10-15(24-4)6-8-18(17)23/h6,8,10,13-14H,5,7,9,11-12H2,1-3H3,(H,25,28)/t14-/m1/s1. The zero-order valence-corrected chi connectivity index (χ0v) is 18.6. The number of rotatable bonds is 4. The number of carbonyl (C=O) groups is 1. The van der Waals surface area contributed by atoms with Gasteiger partial charge in [0.1, 0.15) is 5.82 Å². The number of carbonyl (C=O) groups excluding carboxylic acids is 1. The van der Waals surface area contributed by atoms with Crippen molar-refractivity contribution in [3.63, 3.8) is 0 Å². The Hall–Kier alpha value is -2.73. The summed E-state index contributed by atoms with van der Waals surface area (Å²) in [5.74, 6) is -0.942. The van der Waals surface area contributed by atoms with Crippen molar-refractivity contribution < 1.29 is 17.6 Å². The van der Waals surface area contributed by atoms with Gasteiger partial charge < -0.3 is 5.32 Å². The monoisotopic (exact) mass is 444 g/mol. The second kappa shape index (κ2) is 7.45. The minimum atomic E-state index is -3.05. The van der Waals surface area contributed by atoms with Crippen LogP contribution in [-0.2, 0) is 27.5 Å². The molecule has 164 valence electrons. The van der Waals surface area contributed by atoms with Crippen LogP contribution < -0.4 is 5.32 Å². The van der Waals surface area contributed by atoms with Crippen LogP contribution in [0.25, 0.3) is 16.1 Å². The molecule has 0 bridgehead atoms. The number of fused-ring (bicyclic) bond motifs is 1. The normalized spacial score (nSPS) is 21.1. The van der Waals surface area contributed by atoms with Gasteiger partial charge in [0, 0.05) is 35.2 Å². The van der Waals surface area contributed by atoms with Crippen LogP contribution in [0.1, 0.15) is 44.5 Å². The number of aromatic nitrogens is 2. The van der Waals surface area contributed by atoms with Crippen LogP contribution in [0.15, 0.2) is 18.2 Å². The lowest BCUT2D eigenvalue weighted by atomic mass is 9.84. The zero-order valence-electron chi connectivity index (χ0n) is 17.8. The van der Waals surface area contributed by atoms with Crippen molar-refractivity contribution in [3.05, 3.63) is 46.7 Å². The Balaban J connectivity index is 1.64. The summed E-state index contributed by atoms with van der Waals surface area (Å²) in [5, 5.41) is 7.59. The third-order valence-electron chi connectivity index (χ3n) is 6.00. The number of hydrogen-bond donors (Lipinski definition) is 1. The Kier molecular flexibility index (Phi) is 5.16. The molecule has 1 amide bonds. The second-order valence-electron chi connectivity index (χ2n) is 9.11. The predicted molar refractivity (Wildman–Crippen MR) is 115 cm³/mol. The largest absolute Gasteiger partial charge is 0.349 e. The summed E-state index contributed by atoms with van der Waals surface area (Å²) in [6.07, 6.45) is 1.59. The second-order valence-corrected chi connectivity index (χ2v) is 11.2. The van der Waals surface area contributed by atoms with Crippen LogP contribution >= 0.6 is 0 Å². The molecule has 31 heavy (non-hydrogen) atoms. The van der Waals surface area contributed by atoms with Crippen molar-refractivity contribution in [2.24, 2.45) is 5.92 Å². The van der Waals surface area contributed by atoms with E-state index >= 15 is 0 Å². The van der Waals surface area contributed by atoms with Crippen molar-refractivity contribution in [2.45, 2.75) is 51.6 Å². The number of amides is 1. The van der Waals surface area contributed by atoms with Crippen LogP contribution in [0.5, 0.6) is 0 Å². The van der Waals surface area contributed by atoms with Gasteiger partial charge in [-0.25, -0.2) is 17.7 Å². The van der Waals surface area contributed by atoms with Gasteiger partial charge in [0.25, 0.3) is 0 Å². The molecule has 4 rings (SSSR count). The summed E-state index contributed by atoms with van der Waals surface area (Å²) in [5.41, 5.74) is 2.29. The maximum Gasteiger partial charge on any atom is 0.223 e. The fraction of sp³-hybridized carbons (Fsp3) is 0.500. The molecule has 2 heterocycles. The van der Waals surface area contributed by atoms with Gasteiger partial charge in [0.15, 0.2) is 15.5 Å². The molecular weight excluding hydrogens is 419 g/mol. The third-order valence-corrected chi connectivity index (χ3v) is 8.15. The van der Waals surface area contributed by atoms with Crippen molar-refractivity contribution in [2.75, 3.05) is 11.5 Å². The molecule has 0 unspecified atom stereocenters. The highest BCUT2D eigenvalue weighted by atomic mass is 32.2. The first-order chi connectivity index (χ1) is 14.5. The zero-order chi connectivity index (χ0) is 22.6. The molecule has 0 spiro atoms. The summed E-state index contributed by atoms with van der Waals surface area (Å²) in [6.45, 7) is 12.9. The average Bonchev–Trinajstić information content (AvgIpc) is 3.05. The van der Waals surface area contributed by atoms with Crippen molar-refractivity contribution in [1.82, 2.24) is 15.1 Å². The van der Waals surface area contributed by atoms with E-state index in [0.717, 1.165) is 11.3 Å². The van der Waals surface area contributed by atoms with E-state index in [1.807, 2.05) is 18.5 Å². The van der Waals surface area contributed by atoms with Gasteiger partial charge >= 0.3 is 0 Å². The summed E-state index contributed by atoms with van der Waals surface area (Å²) in [6, 6.07) is 4.27. The molecule has 1 atom stereocenters. The number of sulfone groups is 1. The van der Waals surface area contributed by atoms with E-state index in [9.17, 15) is 17.6 Å². The fourth-order valence-electron chi connectivity index (χ4n) is 4.67. The Labute approximate surface area is 181 Å². The maximum atomic E-state index is 14.6. The molecule has 1 saturated heterocycles. The Morgan fingerprint density at radius 3 is 2.71 bits per heavy atom. The van der Waals surface area contributed by atoms with Gasteiger partial charge in [-0.05, 0) is 45.7 Å². The minimum Gasteiger partial charge on any atom is -0.349 e. The predicted octanol–water partition coefficient (Wildman–Crippen LogP) is 3.23. The number of halogens is 1. The molecule has 1 aliphatic carbocycles. The van der Waals surface area contributed by atoms with Gasteiger partial charge in [-0.3, -0.25) is 9.48 Å². The highest BCUT2D eigenvalue weighted by Gasteiger charge is 2.46. The molecule has 0 radical (unpaired) electrons. The fourth-order valence-corrected chi connectivity index (χ4v) is 6.67. The van der Waals surface area contributed by atoms with Crippen molar-refractivity contribution in [1.29, 1.82) is 0 Å². The molecule has 1 aliphatic heterocycles. The number of hydrogen-bond acceptors (Lipinski definition) is 4. The first kappa shape index (κ1) is 21.5. The molecule has 1 aromatic carbocycles. The van der Waals surface area contributed by atoms with Crippen LogP contribution in [-0.4, -0.2) is 41.2 Å². The number of benzene rings is 1. The van der Waals surface area contributed by atoms with Crippen LogP contribution in [0.4, 0.5) is 10.1 Å². The van der Waals surface area contributed by atoms with Crippen molar-refractivity contribution >= 4 is 21.4 Å². The Morgan fingerprint density at radius 2 is 2.10 bits per heavy atom. The number of nitrogens with one attached hydrogen (secondary N) is 1. The summed E-state index contributed by atoms with van der Waals surface area (Å²) in [4.78, 5) is 16.3. The molecule has 1 fully saturated rings. The molecule has 2 aliphatic rings. The Bertz CT molecular complexity index is 1200. The smallest absolute Gasteiger partial charge is 0.223 e. The quantitative estimate of drug-likeness (QED) is 0.734. The summed E-state index contributed by atoms with van der Waals surface area (Å²) < 4.78 is 39.5. The van der Waals surface area contributed by atoms with Gasteiger partial charge in [0.2, 0.25) is 5.91 Å². The lowest BCUT2D eigenvalue weighted by Gasteiger charge is -2.39. The van der Waals surface area contributed by atoms with E-state index in [1.165, 1.54) is 18.2 Å². The average molecular weight is 445 g/mol. The molecule has 0 saturated carbocycles. The first-order valence-electron chi connectivity index (χ1n) is 10.3. The molecule has 2 aromatic rings. The van der Waals surface area contributed by atoms with Gasteiger partial charge in [-0.1, -0.05) is 6.07 Å². The van der Waals surface area contributed by atoms with E-state index < -0.39 is 21.2 Å². The minimum absolute atomic E-state index is 0.0192. The topological polar surface area (TPSA) is 85.4 Å². The summed E-state index contributed by atoms with van der Waals surface area (Å²) >= 11 is 0. The third kappa shape index (κ3) is 3.97. The molecule has 9 heteroatoms. The van der Waals surface area contributed by atoms with Gasteiger partial charge in [0.05, 0.1) is 29.3 Å². The van der Waals surface area contributed by atoms with Gasteiger partial charge in [-0.15, -0.1) is 0 Å². The van der Waals surface area contributed by atoms with Gasteiger partial charge in [-0.2, -0.15) is 5.10 Å². The van der Waals surface area contributed by atoms with E-state index in [-0.39, 0.29) is 29.4 Å². The van der Waals surface area contributed by atoms with Crippen LogP contribution in [0, 0.1) is 18.3 Å². The van der Waals surface area contributed by atoms with Crippen LogP contribution in [0.3, 0.4) is 0 Å². The van der Waals surface area contributed by atoms with E-state index in [0.29, 0.717) is 36.2 Å². The van der Waals surface area contributed by atoms with Crippen molar-refractivity contribution in [3.8, 4) is 11.3 Å². The molecular formula is C22H25FN4O3S. The van der Waals surface area contributed by atoms with E-state index in [4.69, 9.17) is 6.57 Å². The SMILES string of the molecule is [C-]#[N+]c1ccc(F)c(-c2nn(C(C)C)c3c2CC[C@@H](C(=O)NC2(C)CS(=O)(=O)C2)C3)c1. The van der Waals surface area contributed by atoms with Crippen LogP contribution in [0.2, 0.25) is 0 Å². The molecule has 1 N–H and O–H groups in total. The van der Waals surface area contributed by atoms with E-state index in [1.54, 1.807) is 6.92 Å². The highest BCUT2D eigenvalue weighted by molar-refractivity contribution is 7.93. The lowest BCUT2D eigenvalue weighted by molar-refractivity contribution is -0.126. The summed E-state index contributed by atoms with van der Waals surface area (Å²) in [7, 11) is -3.05.